The Morgan fingerprint density at radius 2 is 2.04 bits per heavy atom. The van der Waals surface area contributed by atoms with Crippen molar-refractivity contribution in [2.75, 3.05) is 13.7 Å². The number of carbonyl (C=O) groups is 2. The lowest BCUT2D eigenvalue weighted by Gasteiger charge is -2.34. The molecule has 6 nitrogen and oxygen atoms in total. The zero-order valence-corrected chi connectivity index (χ0v) is 15.4. The number of benzene rings is 1. The fourth-order valence-electron chi connectivity index (χ4n) is 2.82. The molecule has 1 aromatic rings. The van der Waals surface area contributed by atoms with Crippen LogP contribution in [0.2, 0.25) is 0 Å². The molecule has 1 heterocycles. The summed E-state index contributed by atoms with van der Waals surface area (Å²) in [6, 6.07) is 3.16. The number of methoxy groups -OCH3 is 1. The summed E-state index contributed by atoms with van der Waals surface area (Å²) in [6.45, 7) is 5.14. The molecular formula is C19H24FNO5. The predicted molar refractivity (Wildman–Crippen MR) is 93.7 cm³/mol. The molecule has 0 fully saturated rings. The minimum Gasteiger partial charge on any atom is -0.467 e. The molecule has 1 amide bonds. The topological polar surface area (TPSA) is 76.1 Å². The molecule has 142 valence electrons. The van der Waals surface area contributed by atoms with Crippen LogP contribution in [-0.4, -0.2) is 47.4 Å². The second-order valence-corrected chi connectivity index (χ2v) is 7.04. The number of aliphatic hydroxyl groups excluding tert-OH is 1. The van der Waals surface area contributed by atoms with Crippen LogP contribution in [0.25, 0.3) is 5.57 Å². The summed E-state index contributed by atoms with van der Waals surface area (Å²) in [6.07, 6.45) is 1.43. The van der Waals surface area contributed by atoms with Crippen molar-refractivity contribution < 1.29 is 28.6 Å². The number of esters is 1. The summed E-state index contributed by atoms with van der Waals surface area (Å²) in [4.78, 5) is 25.9. The number of carbonyl (C=O) groups excluding carboxylic acids is 2. The van der Waals surface area contributed by atoms with E-state index in [1.807, 2.05) is 0 Å². The molecule has 1 N–H and O–H groups in total. The number of halogens is 1. The first-order valence-electron chi connectivity index (χ1n) is 8.34. The molecule has 1 aromatic carbocycles. The highest BCUT2D eigenvalue weighted by Gasteiger charge is 2.35. The van der Waals surface area contributed by atoms with Gasteiger partial charge in [-0.15, -0.1) is 0 Å². The minimum atomic E-state index is -0.949. The van der Waals surface area contributed by atoms with Crippen LogP contribution in [0.1, 0.15) is 38.3 Å². The molecular weight excluding hydrogens is 341 g/mol. The van der Waals surface area contributed by atoms with Gasteiger partial charge in [-0.2, -0.15) is 0 Å². The molecule has 0 bridgehead atoms. The van der Waals surface area contributed by atoms with Crippen LogP contribution < -0.4 is 0 Å². The van der Waals surface area contributed by atoms with E-state index in [2.05, 4.69) is 0 Å². The maximum atomic E-state index is 13.4. The third-order valence-electron chi connectivity index (χ3n) is 3.97. The van der Waals surface area contributed by atoms with Gasteiger partial charge in [0.1, 0.15) is 11.4 Å². The Bertz CT molecular complexity index is 723. The van der Waals surface area contributed by atoms with E-state index in [0.717, 1.165) is 5.57 Å². The van der Waals surface area contributed by atoms with Crippen molar-refractivity contribution in [1.82, 2.24) is 4.90 Å². The van der Waals surface area contributed by atoms with Gasteiger partial charge in [0.05, 0.1) is 13.7 Å². The average Bonchev–Trinajstić information content (AvgIpc) is 2.58. The summed E-state index contributed by atoms with van der Waals surface area (Å²) in [7, 11) is 1.24. The van der Waals surface area contributed by atoms with E-state index in [1.165, 1.54) is 24.1 Å². The number of hydrogen-bond acceptors (Lipinski definition) is 5. The molecule has 1 aliphatic rings. The van der Waals surface area contributed by atoms with Gasteiger partial charge in [-0.1, -0.05) is 6.07 Å². The summed E-state index contributed by atoms with van der Waals surface area (Å²) in [5, 5.41) is 9.49. The third kappa shape index (κ3) is 4.60. The number of hydrogen-bond donors (Lipinski definition) is 1. The zero-order chi connectivity index (χ0) is 19.5. The van der Waals surface area contributed by atoms with Crippen LogP contribution in [0.4, 0.5) is 9.18 Å². The van der Waals surface area contributed by atoms with Gasteiger partial charge >= 0.3 is 12.1 Å². The first-order valence-corrected chi connectivity index (χ1v) is 8.34. The molecule has 26 heavy (non-hydrogen) atoms. The molecule has 0 radical (unpaired) electrons. The van der Waals surface area contributed by atoms with Gasteiger partial charge in [0.25, 0.3) is 0 Å². The Kier molecular flexibility index (Phi) is 6.02. The second-order valence-electron chi connectivity index (χ2n) is 7.04. The summed E-state index contributed by atoms with van der Waals surface area (Å²) in [5.74, 6) is -1.05. The van der Waals surface area contributed by atoms with Crippen LogP contribution in [0.15, 0.2) is 24.3 Å². The summed E-state index contributed by atoms with van der Waals surface area (Å²) in [5.41, 5.74) is 1.12. The number of aliphatic hydroxyl groups is 1. The molecule has 2 rings (SSSR count). The Balaban J connectivity index is 2.38. The van der Waals surface area contributed by atoms with Gasteiger partial charge in [-0.3, -0.25) is 4.90 Å². The van der Waals surface area contributed by atoms with E-state index in [4.69, 9.17) is 9.47 Å². The van der Waals surface area contributed by atoms with Crippen LogP contribution in [0, 0.1) is 5.82 Å². The number of ether oxygens (including phenoxy) is 2. The number of nitrogens with zero attached hydrogens (tertiary/aromatic N) is 1. The van der Waals surface area contributed by atoms with Crippen LogP contribution in [-0.2, 0) is 20.9 Å². The van der Waals surface area contributed by atoms with E-state index in [-0.39, 0.29) is 13.2 Å². The molecule has 0 saturated carbocycles. The Labute approximate surface area is 152 Å². The standard InChI is InChI=1S/C19H24FNO5/c1-19(2,3)26-18(24)21-8-7-12(10-16(21)17(23)25-4)15-6-5-14(20)9-13(15)11-22/h5-6,9-10,16,22H,7-8,11H2,1-4H3. The van der Waals surface area contributed by atoms with Gasteiger partial charge < -0.3 is 14.6 Å². The van der Waals surface area contributed by atoms with Crippen molar-refractivity contribution in [3.63, 3.8) is 0 Å². The normalized spacial score (nSPS) is 17.5. The van der Waals surface area contributed by atoms with Crippen molar-refractivity contribution in [3.05, 3.63) is 41.2 Å². The van der Waals surface area contributed by atoms with Gasteiger partial charge in [-0.25, -0.2) is 14.0 Å². The fourth-order valence-corrected chi connectivity index (χ4v) is 2.82. The first-order chi connectivity index (χ1) is 12.2. The minimum absolute atomic E-state index is 0.239. The SMILES string of the molecule is COC(=O)C1C=C(c2ccc(F)cc2CO)CCN1C(=O)OC(C)(C)C. The van der Waals surface area contributed by atoms with E-state index >= 15 is 0 Å². The van der Waals surface area contributed by atoms with Crippen molar-refractivity contribution in [1.29, 1.82) is 0 Å². The lowest BCUT2D eigenvalue weighted by atomic mass is 9.92. The van der Waals surface area contributed by atoms with Crippen molar-refractivity contribution in [2.24, 2.45) is 0 Å². The number of rotatable bonds is 3. The molecule has 0 saturated heterocycles. The lowest BCUT2D eigenvalue weighted by molar-refractivity contribution is -0.145. The summed E-state index contributed by atoms with van der Waals surface area (Å²) >= 11 is 0. The highest BCUT2D eigenvalue weighted by Crippen LogP contribution is 2.30. The maximum absolute atomic E-state index is 13.4. The fraction of sp³-hybridized carbons (Fsp3) is 0.474. The third-order valence-corrected chi connectivity index (χ3v) is 3.97. The quantitative estimate of drug-likeness (QED) is 0.834. The molecule has 7 heteroatoms. The summed E-state index contributed by atoms with van der Waals surface area (Å²) < 4.78 is 23.6. The maximum Gasteiger partial charge on any atom is 0.411 e. The molecule has 0 spiro atoms. The van der Waals surface area contributed by atoms with E-state index in [0.29, 0.717) is 17.5 Å². The van der Waals surface area contributed by atoms with Gasteiger partial charge in [0.15, 0.2) is 6.04 Å². The highest BCUT2D eigenvalue weighted by molar-refractivity contribution is 5.87. The first kappa shape index (κ1) is 19.9. The zero-order valence-electron chi connectivity index (χ0n) is 15.4. The van der Waals surface area contributed by atoms with E-state index in [1.54, 1.807) is 32.9 Å². The molecule has 0 aromatic heterocycles. The van der Waals surface area contributed by atoms with Crippen LogP contribution in [0.3, 0.4) is 0 Å². The van der Waals surface area contributed by atoms with Gasteiger partial charge in [0, 0.05) is 6.54 Å². The molecule has 0 aliphatic carbocycles. The van der Waals surface area contributed by atoms with Gasteiger partial charge in [-0.05, 0) is 62.1 Å². The van der Waals surface area contributed by atoms with Crippen LogP contribution >= 0.6 is 0 Å². The van der Waals surface area contributed by atoms with E-state index < -0.39 is 29.5 Å². The predicted octanol–water partition coefficient (Wildman–Crippen LogP) is 2.88. The second kappa shape index (κ2) is 7.86. The van der Waals surface area contributed by atoms with Gasteiger partial charge in [0.2, 0.25) is 0 Å². The Morgan fingerprint density at radius 1 is 1.35 bits per heavy atom. The monoisotopic (exact) mass is 365 g/mol. The van der Waals surface area contributed by atoms with E-state index in [9.17, 15) is 19.1 Å². The van der Waals surface area contributed by atoms with Crippen molar-refractivity contribution in [2.45, 2.75) is 45.4 Å². The Hall–Kier alpha value is -2.41. The largest absolute Gasteiger partial charge is 0.467 e. The molecule has 1 atom stereocenters. The highest BCUT2D eigenvalue weighted by atomic mass is 19.1. The van der Waals surface area contributed by atoms with Crippen molar-refractivity contribution >= 4 is 17.6 Å². The Morgan fingerprint density at radius 3 is 2.62 bits per heavy atom. The average molecular weight is 365 g/mol. The van der Waals surface area contributed by atoms with Crippen LogP contribution in [0.5, 0.6) is 0 Å². The van der Waals surface area contributed by atoms with Crippen molar-refractivity contribution in [3.8, 4) is 0 Å². The number of amides is 1. The molecule has 1 unspecified atom stereocenters. The lowest BCUT2D eigenvalue weighted by Crippen LogP contribution is -2.49. The smallest absolute Gasteiger partial charge is 0.411 e. The molecule has 1 aliphatic heterocycles.